The minimum Gasteiger partial charge on any atom is -0.294 e. The summed E-state index contributed by atoms with van der Waals surface area (Å²) in [5, 5.41) is 5.27. The van der Waals surface area contributed by atoms with E-state index in [0.29, 0.717) is 18.6 Å². The van der Waals surface area contributed by atoms with Crippen LogP contribution in [0, 0.1) is 6.92 Å². The van der Waals surface area contributed by atoms with Crippen LogP contribution in [0.1, 0.15) is 31.8 Å². The summed E-state index contributed by atoms with van der Waals surface area (Å²) in [4.78, 5) is 17.2. The van der Waals surface area contributed by atoms with Gasteiger partial charge in [0.05, 0.1) is 5.69 Å². The van der Waals surface area contributed by atoms with Crippen LogP contribution in [-0.2, 0) is 19.5 Å². The maximum Gasteiger partial charge on any atom is 0.279 e. The lowest BCUT2D eigenvalue weighted by molar-refractivity contribution is 0.648. The van der Waals surface area contributed by atoms with Crippen LogP contribution in [0.3, 0.4) is 0 Å². The molecule has 0 radical (unpaired) electrons. The van der Waals surface area contributed by atoms with Gasteiger partial charge in [0.1, 0.15) is 11.3 Å². The summed E-state index contributed by atoms with van der Waals surface area (Å²) >= 11 is 3.37. The van der Waals surface area contributed by atoms with Crippen LogP contribution in [0.5, 0.6) is 0 Å². The van der Waals surface area contributed by atoms with E-state index in [-0.39, 0.29) is 5.56 Å². The number of nitrogens with zero attached hydrogens (tertiary/aromatic N) is 4. The van der Waals surface area contributed by atoms with E-state index < -0.39 is 0 Å². The third-order valence-electron chi connectivity index (χ3n) is 3.20. The molecule has 0 aliphatic rings. The molecule has 19 heavy (non-hydrogen) atoms. The van der Waals surface area contributed by atoms with E-state index in [9.17, 15) is 4.79 Å². The summed E-state index contributed by atoms with van der Waals surface area (Å²) in [5.74, 6) is 0.755. The zero-order chi connectivity index (χ0) is 14.0. The summed E-state index contributed by atoms with van der Waals surface area (Å²) in [6.07, 6.45) is 1.86. The van der Waals surface area contributed by atoms with Gasteiger partial charge in [0.25, 0.3) is 5.56 Å². The van der Waals surface area contributed by atoms with Crippen molar-refractivity contribution in [1.82, 2.24) is 19.3 Å². The Labute approximate surface area is 120 Å². The van der Waals surface area contributed by atoms with Gasteiger partial charge in [-0.05, 0) is 20.3 Å². The standard InChI is InChI=1S/C13H19BrN4O/c1-4-6-10-11-12(18(5-2)16-10)13(19)17(8-7-14)9(3)15-11/h4-8H2,1-3H3. The first kappa shape index (κ1) is 14.2. The first-order valence-corrected chi connectivity index (χ1v) is 7.78. The van der Waals surface area contributed by atoms with Crippen LogP contribution in [-0.4, -0.2) is 24.7 Å². The lowest BCUT2D eigenvalue weighted by atomic mass is 10.2. The van der Waals surface area contributed by atoms with Gasteiger partial charge < -0.3 is 0 Å². The second-order valence-corrected chi connectivity index (χ2v) is 5.31. The van der Waals surface area contributed by atoms with Crippen molar-refractivity contribution >= 4 is 27.0 Å². The number of alkyl halides is 1. The minimum atomic E-state index is 0.0126. The minimum absolute atomic E-state index is 0.0126. The van der Waals surface area contributed by atoms with Crippen LogP contribution >= 0.6 is 15.9 Å². The van der Waals surface area contributed by atoms with Gasteiger partial charge in [0.15, 0.2) is 5.52 Å². The average Bonchev–Trinajstić information content (AvgIpc) is 2.73. The van der Waals surface area contributed by atoms with E-state index in [1.165, 1.54) is 0 Å². The number of halogens is 1. The van der Waals surface area contributed by atoms with Crippen molar-refractivity contribution < 1.29 is 0 Å². The van der Waals surface area contributed by atoms with Crippen molar-refractivity contribution in [3.8, 4) is 0 Å². The Morgan fingerprint density at radius 2 is 2.05 bits per heavy atom. The fourth-order valence-electron chi connectivity index (χ4n) is 2.31. The molecule has 5 nitrogen and oxygen atoms in total. The molecule has 2 aromatic heterocycles. The number of hydrogen-bond donors (Lipinski definition) is 0. The topological polar surface area (TPSA) is 52.7 Å². The van der Waals surface area contributed by atoms with Crippen molar-refractivity contribution in [2.75, 3.05) is 5.33 Å². The third kappa shape index (κ3) is 2.45. The fraction of sp³-hybridized carbons (Fsp3) is 0.615. The van der Waals surface area contributed by atoms with Gasteiger partial charge in [-0.25, -0.2) is 4.98 Å². The van der Waals surface area contributed by atoms with Crippen molar-refractivity contribution in [2.45, 2.75) is 46.7 Å². The molecule has 2 heterocycles. The summed E-state index contributed by atoms with van der Waals surface area (Å²) in [7, 11) is 0. The maximum absolute atomic E-state index is 12.6. The van der Waals surface area contributed by atoms with Gasteiger partial charge in [0.2, 0.25) is 0 Å². The molecule has 0 unspecified atom stereocenters. The highest BCUT2D eigenvalue weighted by Gasteiger charge is 2.17. The molecule has 0 saturated carbocycles. The van der Waals surface area contributed by atoms with Gasteiger partial charge in [-0.15, -0.1) is 0 Å². The van der Waals surface area contributed by atoms with Gasteiger partial charge >= 0.3 is 0 Å². The van der Waals surface area contributed by atoms with Crippen LogP contribution in [0.2, 0.25) is 0 Å². The van der Waals surface area contributed by atoms with Crippen molar-refractivity contribution in [3.05, 3.63) is 21.9 Å². The highest BCUT2D eigenvalue weighted by atomic mass is 79.9. The molecule has 0 aliphatic carbocycles. The molecular formula is C13H19BrN4O. The lowest BCUT2D eigenvalue weighted by Crippen LogP contribution is -2.26. The van der Waals surface area contributed by atoms with Crippen molar-refractivity contribution in [2.24, 2.45) is 0 Å². The molecule has 0 spiro atoms. The molecule has 2 rings (SSSR count). The first-order valence-electron chi connectivity index (χ1n) is 6.66. The average molecular weight is 327 g/mol. The van der Waals surface area contributed by atoms with E-state index in [4.69, 9.17) is 0 Å². The number of aromatic nitrogens is 4. The highest BCUT2D eigenvalue weighted by Crippen LogP contribution is 2.15. The molecule has 6 heteroatoms. The molecule has 0 N–H and O–H groups in total. The fourth-order valence-corrected chi connectivity index (χ4v) is 2.66. The molecule has 0 amide bonds. The number of fused-ring (bicyclic) bond motifs is 1. The van der Waals surface area contributed by atoms with E-state index in [1.54, 1.807) is 9.25 Å². The highest BCUT2D eigenvalue weighted by molar-refractivity contribution is 9.09. The van der Waals surface area contributed by atoms with Crippen LogP contribution < -0.4 is 5.56 Å². The number of rotatable bonds is 5. The smallest absolute Gasteiger partial charge is 0.279 e. The molecule has 0 bridgehead atoms. The van der Waals surface area contributed by atoms with Crippen LogP contribution in [0.15, 0.2) is 4.79 Å². The van der Waals surface area contributed by atoms with E-state index in [1.807, 2.05) is 13.8 Å². The molecule has 0 atom stereocenters. The molecular weight excluding hydrogens is 308 g/mol. The first-order chi connectivity index (χ1) is 9.13. The summed E-state index contributed by atoms with van der Waals surface area (Å²) in [6.45, 7) is 7.30. The number of aryl methyl sites for hydroxylation is 3. The van der Waals surface area contributed by atoms with Gasteiger partial charge in [-0.3, -0.25) is 14.0 Å². The Hall–Kier alpha value is -1.17. The van der Waals surface area contributed by atoms with E-state index in [0.717, 1.165) is 35.2 Å². The second-order valence-electron chi connectivity index (χ2n) is 4.51. The molecule has 0 saturated heterocycles. The Morgan fingerprint density at radius 1 is 1.32 bits per heavy atom. The van der Waals surface area contributed by atoms with E-state index in [2.05, 4.69) is 32.9 Å². The van der Waals surface area contributed by atoms with Gasteiger partial charge in [-0.1, -0.05) is 29.3 Å². The van der Waals surface area contributed by atoms with Crippen molar-refractivity contribution in [1.29, 1.82) is 0 Å². The maximum atomic E-state index is 12.6. The van der Waals surface area contributed by atoms with Gasteiger partial charge in [0, 0.05) is 18.4 Å². The summed E-state index contributed by atoms with van der Waals surface area (Å²) in [5.41, 5.74) is 2.36. The molecule has 104 valence electrons. The monoisotopic (exact) mass is 326 g/mol. The summed E-state index contributed by atoms with van der Waals surface area (Å²) < 4.78 is 3.49. The largest absolute Gasteiger partial charge is 0.294 e. The lowest BCUT2D eigenvalue weighted by Gasteiger charge is -2.08. The van der Waals surface area contributed by atoms with Crippen LogP contribution in [0.4, 0.5) is 0 Å². The Balaban J connectivity index is 2.77. The number of hydrogen-bond acceptors (Lipinski definition) is 3. The SMILES string of the molecule is CCCc1nn(CC)c2c(=O)n(CCBr)c(C)nc12. The Kier molecular flexibility index (Phi) is 4.39. The molecule has 0 aliphatic heterocycles. The zero-order valence-electron chi connectivity index (χ0n) is 11.6. The quantitative estimate of drug-likeness (QED) is 0.792. The van der Waals surface area contributed by atoms with Gasteiger partial charge in [-0.2, -0.15) is 5.10 Å². The second kappa shape index (κ2) is 5.86. The summed E-state index contributed by atoms with van der Waals surface area (Å²) in [6, 6.07) is 0. The third-order valence-corrected chi connectivity index (χ3v) is 3.56. The Morgan fingerprint density at radius 3 is 2.63 bits per heavy atom. The molecule has 2 aromatic rings. The van der Waals surface area contributed by atoms with Crippen LogP contribution in [0.25, 0.3) is 11.0 Å². The molecule has 0 aromatic carbocycles. The normalized spacial score (nSPS) is 11.4. The predicted octanol–water partition coefficient (Wildman–Crippen LogP) is 2.27. The zero-order valence-corrected chi connectivity index (χ0v) is 13.2. The molecule has 0 fully saturated rings. The van der Waals surface area contributed by atoms with E-state index >= 15 is 0 Å². The van der Waals surface area contributed by atoms with Crippen molar-refractivity contribution in [3.63, 3.8) is 0 Å². The predicted molar refractivity (Wildman–Crippen MR) is 80.0 cm³/mol. The Bertz CT molecular complexity index is 644.